The Kier molecular flexibility index (Phi) is 5.37. The maximum absolute atomic E-state index is 12.9. The zero-order chi connectivity index (χ0) is 20.2. The minimum Gasteiger partial charge on any atom is -0.484 e. The van der Waals surface area contributed by atoms with Crippen molar-refractivity contribution in [2.75, 3.05) is 13.7 Å². The van der Waals surface area contributed by atoms with Crippen molar-refractivity contribution in [1.82, 2.24) is 20.0 Å². The highest BCUT2D eigenvalue weighted by atomic mass is 19.1. The SMILES string of the molecule is COc1ccc(C(=O)N2CCCC2c2noc(COc3ccc(F)cc3)n2)cn1. The average Bonchev–Trinajstić information content (AvgIpc) is 3.42. The highest BCUT2D eigenvalue weighted by molar-refractivity contribution is 5.94. The Morgan fingerprint density at radius 1 is 1.28 bits per heavy atom. The van der Waals surface area contributed by atoms with Crippen LogP contribution in [-0.4, -0.2) is 39.6 Å². The van der Waals surface area contributed by atoms with Crippen molar-refractivity contribution in [3.05, 3.63) is 65.7 Å². The van der Waals surface area contributed by atoms with Crippen molar-refractivity contribution < 1.29 is 23.2 Å². The second kappa shape index (κ2) is 8.26. The molecule has 29 heavy (non-hydrogen) atoms. The van der Waals surface area contributed by atoms with Crippen LogP contribution in [0.15, 0.2) is 47.1 Å². The Morgan fingerprint density at radius 2 is 2.10 bits per heavy atom. The molecule has 1 amide bonds. The Hall–Kier alpha value is -3.49. The van der Waals surface area contributed by atoms with Gasteiger partial charge in [0.15, 0.2) is 12.4 Å². The lowest BCUT2D eigenvalue weighted by atomic mass is 10.2. The summed E-state index contributed by atoms with van der Waals surface area (Å²) in [6.07, 6.45) is 3.08. The molecule has 150 valence electrons. The van der Waals surface area contributed by atoms with Crippen molar-refractivity contribution in [3.8, 4) is 11.6 Å². The number of benzene rings is 1. The minimum absolute atomic E-state index is 0.0572. The van der Waals surface area contributed by atoms with Crippen LogP contribution in [0.25, 0.3) is 0 Å². The van der Waals surface area contributed by atoms with Gasteiger partial charge in [-0.05, 0) is 43.2 Å². The fourth-order valence-electron chi connectivity index (χ4n) is 3.21. The lowest BCUT2D eigenvalue weighted by Crippen LogP contribution is -2.31. The van der Waals surface area contributed by atoms with Crippen LogP contribution in [0.1, 0.15) is 41.0 Å². The number of carbonyl (C=O) groups excluding carboxylic acids is 1. The number of carbonyl (C=O) groups is 1. The lowest BCUT2D eigenvalue weighted by Gasteiger charge is -2.22. The molecule has 9 heteroatoms. The highest BCUT2D eigenvalue weighted by Crippen LogP contribution is 2.31. The van der Waals surface area contributed by atoms with E-state index in [9.17, 15) is 9.18 Å². The van der Waals surface area contributed by atoms with Gasteiger partial charge in [0, 0.05) is 18.8 Å². The topological polar surface area (TPSA) is 90.6 Å². The predicted octanol–water partition coefficient (Wildman–Crippen LogP) is 3.17. The molecule has 1 aromatic carbocycles. The van der Waals surface area contributed by atoms with Crippen LogP contribution in [0.2, 0.25) is 0 Å². The number of aromatic nitrogens is 3. The van der Waals surface area contributed by atoms with Gasteiger partial charge < -0.3 is 18.9 Å². The molecule has 0 saturated carbocycles. The summed E-state index contributed by atoms with van der Waals surface area (Å²) in [4.78, 5) is 23.1. The van der Waals surface area contributed by atoms with Crippen LogP contribution in [0.5, 0.6) is 11.6 Å². The third kappa shape index (κ3) is 4.18. The zero-order valence-electron chi connectivity index (χ0n) is 15.7. The molecule has 3 aromatic rings. The fourth-order valence-corrected chi connectivity index (χ4v) is 3.21. The average molecular weight is 398 g/mol. The normalized spacial score (nSPS) is 16.1. The van der Waals surface area contributed by atoms with Gasteiger partial charge in [-0.3, -0.25) is 4.79 Å². The number of methoxy groups -OCH3 is 1. The van der Waals surface area contributed by atoms with Crippen LogP contribution in [0, 0.1) is 5.82 Å². The summed E-state index contributed by atoms with van der Waals surface area (Å²) in [5.74, 6) is 1.19. The summed E-state index contributed by atoms with van der Waals surface area (Å²) < 4.78 is 28.8. The Labute approximate surface area is 166 Å². The van der Waals surface area contributed by atoms with Crippen molar-refractivity contribution in [2.24, 2.45) is 0 Å². The van der Waals surface area contributed by atoms with Crippen molar-refractivity contribution >= 4 is 5.91 Å². The van der Waals surface area contributed by atoms with Gasteiger partial charge in [0.25, 0.3) is 11.8 Å². The van der Waals surface area contributed by atoms with Gasteiger partial charge in [0.2, 0.25) is 5.88 Å². The molecule has 0 aliphatic carbocycles. The van der Waals surface area contributed by atoms with E-state index in [2.05, 4.69) is 15.1 Å². The number of nitrogens with zero attached hydrogens (tertiary/aromatic N) is 4. The van der Waals surface area contributed by atoms with Gasteiger partial charge in [-0.15, -0.1) is 0 Å². The molecule has 0 N–H and O–H groups in total. The largest absolute Gasteiger partial charge is 0.484 e. The van der Waals surface area contributed by atoms with Crippen LogP contribution in [0.4, 0.5) is 4.39 Å². The zero-order valence-corrected chi connectivity index (χ0v) is 15.7. The number of hydrogen-bond donors (Lipinski definition) is 0. The number of ether oxygens (including phenoxy) is 2. The molecule has 1 saturated heterocycles. The van der Waals surface area contributed by atoms with E-state index >= 15 is 0 Å². The van der Waals surface area contributed by atoms with Gasteiger partial charge in [-0.1, -0.05) is 5.16 Å². The molecule has 8 nitrogen and oxygen atoms in total. The molecule has 1 atom stereocenters. The first kappa shape index (κ1) is 18.9. The number of amides is 1. The molecular weight excluding hydrogens is 379 g/mol. The van der Waals surface area contributed by atoms with Crippen LogP contribution < -0.4 is 9.47 Å². The van der Waals surface area contributed by atoms with Gasteiger partial charge >= 0.3 is 0 Å². The number of hydrogen-bond acceptors (Lipinski definition) is 7. The number of rotatable bonds is 6. The van der Waals surface area contributed by atoms with E-state index in [4.69, 9.17) is 14.0 Å². The van der Waals surface area contributed by atoms with E-state index in [0.717, 1.165) is 12.8 Å². The fraction of sp³-hybridized carbons (Fsp3) is 0.300. The van der Waals surface area contributed by atoms with Crippen molar-refractivity contribution in [2.45, 2.75) is 25.5 Å². The second-order valence-corrected chi connectivity index (χ2v) is 6.53. The summed E-state index contributed by atoms with van der Waals surface area (Å²) in [5, 5.41) is 4.02. The van der Waals surface area contributed by atoms with Gasteiger partial charge in [0.1, 0.15) is 11.6 Å². The molecule has 1 aliphatic rings. The summed E-state index contributed by atoms with van der Waals surface area (Å²) >= 11 is 0. The van der Waals surface area contributed by atoms with Crippen LogP contribution in [0.3, 0.4) is 0 Å². The van der Waals surface area contributed by atoms with Gasteiger partial charge in [-0.2, -0.15) is 4.98 Å². The maximum Gasteiger partial charge on any atom is 0.264 e. The van der Waals surface area contributed by atoms with E-state index in [-0.39, 0.29) is 30.3 Å². The lowest BCUT2D eigenvalue weighted by molar-refractivity contribution is 0.0728. The van der Waals surface area contributed by atoms with Gasteiger partial charge in [-0.25, -0.2) is 9.37 Å². The van der Waals surface area contributed by atoms with Crippen molar-refractivity contribution in [3.63, 3.8) is 0 Å². The van der Waals surface area contributed by atoms with Crippen LogP contribution in [-0.2, 0) is 6.61 Å². The molecule has 2 aromatic heterocycles. The third-order valence-corrected chi connectivity index (χ3v) is 4.66. The molecular formula is C20H19FN4O4. The van der Waals surface area contributed by atoms with Gasteiger partial charge in [0.05, 0.1) is 18.7 Å². The molecule has 1 unspecified atom stereocenters. The first-order chi connectivity index (χ1) is 14.1. The van der Waals surface area contributed by atoms with E-state index in [1.165, 1.54) is 37.6 Å². The first-order valence-corrected chi connectivity index (χ1v) is 9.16. The summed E-state index contributed by atoms with van der Waals surface area (Å²) in [6.45, 7) is 0.660. The van der Waals surface area contributed by atoms with Crippen molar-refractivity contribution in [1.29, 1.82) is 0 Å². The predicted molar refractivity (Wildman–Crippen MR) is 98.8 cm³/mol. The number of pyridine rings is 1. The third-order valence-electron chi connectivity index (χ3n) is 4.66. The molecule has 0 bridgehead atoms. The number of halogens is 1. The minimum atomic E-state index is -0.338. The van der Waals surface area contributed by atoms with E-state index < -0.39 is 0 Å². The molecule has 1 fully saturated rings. The molecule has 0 spiro atoms. The molecule has 3 heterocycles. The number of likely N-dealkylation sites (tertiary alicyclic amines) is 1. The van der Waals surface area contributed by atoms with Crippen LogP contribution >= 0.6 is 0 Å². The standard InChI is InChI=1S/C20H19FN4O4/c1-27-17-9-4-13(11-22-17)20(26)25-10-2-3-16(25)19-23-18(29-24-19)12-28-15-7-5-14(21)6-8-15/h4-9,11,16H,2-3,10,12H2,1H3. The summed E-state index contributed by atoms with van der Waals surface area (Å²) in [5.41, 5.74) is 0.473. The smallest absolute Gasteiger partial charge is 0.264 e. The van der Waals surface area contributed by atoms with E-state index in [0.29, 0.717) is 29.6 Å². The summed E-state index contributed by atoms with van der Waals surface area (Å²) in [7, 11) is 1.52. The maximum atomic E-state index is 12.9. The Balaban J connectivity index is 1.43. The second-order valence-electron chi connectivity index (χ2n) is 6.53. The molecule has 0 radical (unpaired) electrons. The van der Waals surface area contributed by atoms with E-state index in [1.807, 2.05) is 0 Å². The summed E-state index contributed by atoms with van der Waals surface area (Å²) in [6, 6.07) is 8.72. The Morgan fingerprint density at radius 3 is 2.83 bits per heavy atom. The highest BCUT2D eigenvalue weighted by Gasteiger charge is 2.34. The Bertz CT molecular complexity index is 975. The monoisotopic (exact) mass is 398 g/mol. The van der Waals surface area contributed by atoms with E-state index in [1.54, 1.807) is 17.0 Å². The molecule has 1 aliphatic heterocycles. The molecule has 4 rings (SSSR count). The quantitative estimate of drug-likeness (QED) is 0.630. The first-order valence-electron chi connectivity index (χ1n) is 9.16.